The van der Waals surface area contributed by atoms with Gasteiger partial charge in [-0.3, -0.25) is 4.90 Å². The molecule has 200 valence electrons. The maximum absolute atomic E-state index is 6.15. The Kier molecular flexibility index (Phi) is 7.38. The maximum Gasteiger partial charge on any atom is 0.226 e. The van der Waals surface area contributed by atoms with Crippen LogP contribution in [-0.4, -0.2) is 58.8 Å². The van der Waals surface area contributed by atoms with E-state index in [1.807, 2.05) is 0 Å². The number of nitrogens with two attached hydrogens (primary N) is 1. The van der Waals surface area contributed by atoms with Crippen LogP contribution in [0.4, 0.5) is 23.3 Å². The number of aryl methyl sites for hydroxylation is 1. The van der Waals surface area contributed by atoms with Gasteiger partial charge in [-0.15, -0.1) is 0 Å². The fourth-order valence-electron chi connectivity index (χ4n) is 6.57. The van der Waals surface area contributed by atoms with Crippen molar-refractivity contribution in [2.45, 2.75) is 102 Å². The molecule has 2 aliphatic carbocycles. The summed E-state index contributed by atoms with van der Waals surface area (Å²) in [4.78, 5) is 15.2. The molecule has 1 aromatic carbocycles. The third kappa shape index (κ3) is 5.80. The lowest BCUT2D eigenvalue weighted by Crippen LogP contribution is -2.39. The predicted molar refractivity (Wildman–Crippen MR) is 152 cm³/mol. The Hall–Kier alpha value is -2.58. The van der Waals surface area contributed by atoms with Crippen molar-refractivity contribution in [2.24, 2.45) is 5.73 Å². The van der Waals surface area contributed by atoms with Gasteiger partial charge >= 0.3 is 0 Å². The average molecular weight is 505 g/mol. The molecule has 1 aromatic heterocycles. The molecule has 0 radical (unpaired) electrons. The predicted octanol–water partition coefficient (Wildman–Crippen LogP) is 4.68. The first kappa shape index (κ1) is 24.7. The molecule has 2 saturated carbocycles. The molecular formula is C29H44N8. The second kappa shape index (κ2) is 11.0. The standard InChI is InChI=1S/C29H44N8/c1-20-6-8-21(9-7-20)18-36-16-14-24(15-17-36)32-27-26-28(37(19-31-26)25-4-2-3-5-25)35-29(34-27)33-23-12-10-22(30)11-13-23/h6-9,22-25,31H,2-5,10-19,30H2,1H3,(H2,32,33,34,35). The molecule has 8 nitrogen and oxygen atoms in total. The highest BCUT2D eigenvalue weighted by molar-refractivity contribution is 5.83. The Labute approximate surface area is 221 Å². The molecule has 0 atom stereocenters. The highest BCUT2D eigenvalue weighted by atomic mass is 15.4. The summed E-state index contributed by atoms with van der Waals surface area (Å²) < 4.78 is 0. The van der Waals surface area contributed by atoms with Crippen molar-refractivity contribution in [1.29, 1.82) is 0 Å². The smallest absolute Gasteiger partial charge is 0.226 e. The van der Waals surface area contributed by atoms with Crippen LogP contribution < -0.4 is 26.6 Å². The van der Waals surface area contributed by atoms with E-state index < -0.39 is 0 Å². The number of nitrogens with one attached hydrogen (secondary N) is 3. The van der Waals surface area contributed by atoms with Crippen molar-refractivity contribution < 1.29 is 0 Å². The van der Waals surface area contributed by atoms with Gasteiger partial charge in [0.2, 0.25) is 5.95 Å². The summed E-state index contributed by atoms with van der Waals surface area (Å²) in [5.74, 6) is 2.82. The van der Waals surface area contributed by atoms with Crippen molar-refractivity contribution in [2.75, 3.05) is 40.6 Å². The lowest BCUT2D eigenvalue weighted by molar-refractivity contribution is 0.211. The van der Waals surface area contributed by atoms with Crippen LogP contribution in [0.15, 0.2) is 24.3 Å². The molecule has 4 aliphatic rings. The number of piperidine rings is 1. The Morgan fingerprint density at radius 3 is 2.32 bits per heavy atom. The van der Waals surface area contributed by atoms with Crippen molar-refractivity contribution in [1.82, 2.24) is 14.9 Å². The summed E-state index contributed by atoms with van der Waals surface area (Å²) in [5, 5.41) is 11.2. The van der Waals surface area contributed by atoms with Crippen molar-refractivity contribution in [3.05, 3.63) is 35.4 Å². The van der Waals surface area contributed by atoms with E-state index in [0.717, 1.165) is 88.1 Å². The first-order valence-electron chi connectivity index (χ1n) is 14.6. The van der Waals surface area contributed by atoms with Gasteiger partial charge in [-0.05, 0) is 63.9 Å². The van der Waals surface area contributed by atoms with Gasteiger partial charge in [0.25, 0.3) is 0 Å². The van der Waals surface area contributed by atoms with Gasteiger partial charge in [0, 0.05) is 43.8 Å². The molecule has 0 unspecified atom stereocenters. The van der Waals surface area contributed by atoms with Crippen LogP contribution >= 0.6 is 0 Å². The molecular weight excluding hydrogens is 460 g/mol. The number of rotatable bonds is 7. The molecule has 5 N–H and O–H groups in total. The third-order valence-electron chi connectivity index (χ3n) is 8.91. The largest absolute Gasteiger partial charge is 0.365 e. The molecule has 0 bridgehead atoms. The molecule has 1 saturated heterocycles. The quantitative estimate of drug-likeness (QED) is 0.432. The van der Waals surface area contributed by atoms with Gasteiger partial charge in [0.05, 0.1) is 6.67 Å². The zero-order valence-electron chi connectivity index (χ0n) is 22.4. The first-order chi connectivity index (χ1) is 18.1. The van der Waals surface area contributed by atoms with Crippen molar-refractivity contribution in [3.8, 4) is 0 Å². The van der Waals surface area contributed by atoms with Gasteiger partial charge in [0.1, 0.15) is 5.69 Å². The molecule has 0 amide bonds. The summed E-state index contributed by atoms with van der Waals surface area (Å²) in [5.41, 5.74) is 9.97. The van der Waals surface area contributed by atoms with Gasteiger partial charge in [-0.25, -0.2) is 0 Å². The van der Waals surface area contributed by atoms with E-state index in [4.69, 9.17) is 15.7 Å². The van der Waals surface area contributed by atoms with Crippen LogP contribution in [0.1, 0.15) is 75.3 Å². The van der Waals surface area contributed by atoms with E-state index in [9.17, 15) is 0 Å². The molecule has 3 fully saturated rings. The van der Waals surface area contributed by atoms with E-state index in [-0.39, 0.29) is 0 Å². The van der Waals surface area contributed by atoms with Crippen molar-refractivity contribution >= 4 is 23.3 Å². The van der Waals surface area contributed by atoms with Crippen LogP contribution in [0.5, 0.6) is 0 Å². The summed E-state index contributed by atoms with van der Waals surface area (Å²) in [6, 6.07) is 10.7. The van der Waals surface area contributed by atoms with Gasteiger partial charge in [-0.2, -0.15) is 9.97 Å². The minimum Gasteiger partial charge on any atom is -0.365 e. The first-order valence-corrected chi connectivity index (χ1v) is 14.6. The normalized spacial score (nSPS) is 25.2. The average Bonchev–Trinajstić information content (AvgIpc) is 3.58. The van der Waals surface area contributed by atoms with E-state index in [1.54, 1.807) is 0 Å². The Balaban J connectivity index is 1.15. The number of hydrogen-bond acceptors (Lipinski definition) is 8. The monoisotopic (exact) mass is 504 g/mol. The summed E-state index contributed by atoms with van der Waals surface area (Å²) in [6.45, 7) is 6.23. The van der Waals surface area contributed by atoms with E-state index in [2.05, 4.69) is 56.9 Å². The van der Waals surface area contributed by atoms with E-state index in [0.29, 0.717) is 24.2 Å². The van der Waals surface area contributed by atoms with Crippen LogP contribution in [0.2, 0.25) is 0 Å². The lowest BCUT2D eigenvalue weighted by Gasteiger charge is -2.33. The molecule has 2 aromatic rings. The van der Waals surface area contributed by atoms with Crippen LogP contribution in [0.25, 0.3) is 0 Å². The van der Waals surface area contributed by atoms with Crippen LogP contribution in [-0.2, 0) is 6.54 Å². The highest BCUT2D eigenvalue weighted by Gasteiger charge is 2.33. The Morgan fingerprint density at radius 1 is 0.892 bits per heavy atom. The minimum atomic E-state index is 0.343. The number of anilines is 4. The van der Waals surface area contributed by atoms with Crippen LogP contribution in [0, 0.1) is 6.92 Å². The molecule has 2 aliphatic heterocycles. The van der Waals surface area contributed by atoms with Gasteiger partial charge in [0.15, 0.2) is 11.6 Å². The van der Waals surface area contributed by atoms with E-state index in [1.165, 1.54) is 36.8 Å². The van der Waals surface area contributed by atoms with Gasteiger partial charge < -0.3 is 26.6 Å². The fraction of sp³-hybridized carbons (Fsp3) is 0.655. The topological polar surface area (TPSA) is 94.4 Å². The molecule has 8 heteroatoms. The number of fused-ring (bicyclic) bond motifs is 1. The zero-order valence-corrected chi connectivity index (χ0v) is 22.4. The second-order valence-corrected chi connectivity index (χ2v) is 11.8. The van der Waals surface area contributed by atoms with Crippen LogP contribution in [0.3, 0.4) is 0 Å². The molecule has 0 spiro atoms. The Morgan fingerprint density at radius 2 is 1.59 bits per heavy atom. The van der Waals surface area contributed by atoms with Gasteiger partial charge in [-0.1, -0.05) is 42.7 Å². The zero-order chi connectivity index (χ0) is 25.2. The maximum atomic E-state index is 6.15. The Bertz CT molecular complexity index is 1030. The fourth-order valence-corrected chi connectivity index (χ4v) is 6.57. The summed E-state index contributed by atoms with van der Waals surface area (Å²) >= 11 is 0. The lowest BCUT2D eigenvalue weighted by atomic mass is 9.92. The summed E-state index contributed by atoms with van der Waals surface area (Å²) in [7, 11) is 0. The highest BCUT2D eigenvalue weighted by Crippen LogP contribution is 2.41. The summed E-state index contributed by atoms with van der Waals surface area (Å²) in [6.07, 6.45) is 11.7. The SMILES string of the molecule is Cc1ccc(CN2CCC(Nc3nc(NC4CCC(N)CC4)nc4c3NCN4C3CCCC3)CC2)cc1. The second-order valence-electron chi connectivity index (χ2n) is 11.8. The number of aromatic nitrogens is 2. The molecule has 3 heterocycles. The third-order valence-corrected chi connectivity index (χ3v) is 8.91. The molecule has 6 rings (SSSR count). The minimum absolute atomic E-state index is 0.343. The number of nitrogens with zero attached hydrogens (tertiary/aromatic N) is 4. The van der Waals surface area contributed by atoms with Crippen molar-refractivity contribution in [3.63, 3.8) is 0 Å². The molecule has 37 heavy (non-hydrogen) atoms. The number of hydrogen-bond donors (Lipinski definition) is 4. The number of likely N-dealkylation sites (tertiary alicyclic amines) is 1. The van der Waals surface area contributed by atoms with E-state index >= 15 is 0 Å². The number of benzene rings is 1.